The minimum atomic E-state index is -0.983. The molecule has 74 valence electrons. The largest absolute Gasteiger partial charge is 0.341 e. The molecule has 1 fully saturated rings. The average Bonchev–Trinajstić information content (AvgIpc) is 2.34. The monoisotopic (exact) mass is 187 g/mol. The molecule has 0 radical (unpaired) electrons. The zero-order valence-corrected chi connectivity index (χ0v) is 7.59. The molecule has 0 aromatic carbocycles. The third-order valence-corrected chi connectivity index (χ3v) is 1.63. The van der Waals surface area contributed by atoms with Crippen LogP contribution in [0.15, 0.2) is 0 Å². The SMILES string of the molecule is CC(C)(N)C(=O)N[C@@H]1CONC1=O. The van der Waals surface area contributed by atoms with Crippen molar-refractivity contribution in [3.63, 3.8) is 0 Å². The van der Waals surface area contributed by atoms with Crippen molar-refractivity contribution < 1.29 is 14.4 Å². The Labute approximate surface area is 75.8 Å². The maximum absolute atomic E-state index is 11.3. The van der Waals surface area contributed by atoms with Crippen LogP contribution in [-0.2, 0) is 14.4 Å². The minimum absolute atomic E-state index is 0.140. The van der Waals surface area contributed by atoms with E-state index in [-0.39, 0.29) is 18.4 Å². The third-order valence-electron chi connectivity index (χ3n) is 1.63. The van der Waals surface area contributed by atoms with E-state index in [0.29, 0.717) is 0 Å². The first-order valence-corrected chi connectivity index (χ1v) is 3.93. The highest BCUT2D eigenvalue weighted by Crippen LogP contribution is 2.00. The Hall–Kier alpha value is -1.14. The fraction of sp³-hybridized carbons (Fsp3) is 0.714. The van der Waals surface area contributed by atoms with Gasteiger partial charge in [-0.2, -0.15) is 0 Å². The molecule has 0 bridgehead atoms. The van der Waals surface area contributed by atoms with Gasteiger partial charge in [0, 0.05) is 0 Å². The lowest BCUT2D eigenvalue weighted by Crippen LogP contribution is -2.54. The van der Waals surface area contributed by atoms with Gasteiger partial charge in [-0.05, 0) is 13.8 Å². The first-order valence-electron chi connectivity index (χ1n) is 3.93. The number of amides is 2. The fourth-order valence-corrected chi connectivity index (χ4v) is 0.794. The maximum Gasteiger partial charge on any atom is 0.268 e. The topological polar surface area (TPSA) is 93.5 Å². The Balaban J connectivity index is 2.49. The molecule has 4 N–H and O–H groups in total. The second kappa shape index (κ2) is 3.31. The fourth-order valence-electron chi connectivity index (χ4n) is 0.794. The van der Waals surface area contributed by atoms with E-state index in [1.54, 1.807) is 13.8 Å². The van der Waals surface area contributed by atoms with E-state index >= 15 is 0 Å². The van der Waals surface area contributed by atoms with Gasteiger partial charge < -0.3 is 11.1 Å². The lowest BCUT2D eigenvalue weighted by atomic mass is 10.1. The van der Waals surface area contributed by atoms with Gasteiger partial charge in [0.15, 0.2) is 0 Å². The number of hydrogen-bond acceptors (Lipinski definition) is 4. The summed E-state index contributed by atoms with van der Waals surface area (Å²) in [6.45, 7) is 3.27. The summed E-state index contributed by atoms with van der Waals surface area (Å²) >= 11 is 0. The van der Waals surface area contributed by atoms with Gasteiger partial charge >= 0.3 is 0 Å². The van der Waals surface area contributed by atoms with Crippen LogP contribution in [0.25, 0.3) is 0 Å². The predicted octanol–water partition coefficient (Wildman–Crippen LogP) is -1.73. The van der Waals surface area contributed by atoms with Gasteiger partial charge in [-0.1, -0.05) is 0 Å². The molecule has 1 atom stereocenters. The number of nitrogens with two attached hydrogens (primary N) is 1. The van der Waals surface area contributed by atoms with E-state index in [4.69, 9.17) is 5.73 Å². The van der Waals surface area contributed by atoms with Crippen LogP contribution in [0.4, 0.5) is 0 Å². The molecular formula is C7H13N3O3. The normalized spacial score (nSPS) is 22.7. The average molecular weight is 187 g/mol. The molecule has 13 heavy (non-hydrogen) atoms. The van der Waals surface area contributed by atoms with Gasteiger partial charge in [-0.15, -0.1) is 0 Å². The van der Waals surface area contributed by atoms with Crippen molar-refractivity contribution in [2.75, 3.05) is 6.61 Å². The van der Waals surface area contributed by atoms with Crippen LogP contribution >= 0.6 is 0 Å². The van der Waals surface area contributed by atoms with Crippen molar-refractivity contribution in [1.29, 1.82) is 0 Å². The Morgan fingerprint density at radius 1 is 1.77 bits per heavy atom. The quantitative estimate of drug-likeness (QED) is 0.479. The van der Waals surface area contributed by atoms with Crippen LogP contribution in [0, 0.1) is 0 Å². The van der Waals surface area contributed by atoms with Crippen molar-refractivity contribution in [3.8, 4) is 0 Å². The summed E-state index contributed by atoms with van der Waals surface area (Å²) in [4.78, 5) is 26.9. The smallest absolute Gasteiger partial charge is 0.268 e. The Morgan fingerprint density at radius 2 is 2.38 bits per heavy atom. The molecule has 6 heteroatoms. The second-order valence-electron chi connectivity index (χ2n) is 3.53. The molecule has 6 nitrogen and oxygen atoms in total. The molecule has 1 aliphatic heterocycles. The summed E-state index contributed by atoms with van der Waals surface area (Å²) in [6.07, 6.45) is 0. The minimum Gasteiger partial charge on any atom is -0.341 e. The number of hydrogen-bond donors (Lipinski definition) is 3. The highest BCUT2D eigenvalue weighted by molar-refractivity contribution is 5.91. The summed E-state index contributed by atoms with van der Waals surface area (Å²) in [5.74, 6) is -0.726. The Bertz CT molecular complexity index is 234. The molecule has 0 aromatic heterocycles. The number of rotatable bonds is 2. The van der Waals surface area contributed by atoms with Crippen LogP contribution in [0.2, 0.25) is 0 Å². The summed E-state index contributed by atoms with van der Waals surface area (Å²) in [5, 5.41) is 2.47. The van der Waals surface area contributed by atoms with Crippen LogP contribution in [0.1, 0.15) is 13.8 Å². The Morgan fingerprint density at radius 3 is 2.77 bits per heavy atom. The van der Waals surface area contributed by atoms with Gasteiger partial charge in [-0.3, -0.25) is 14.4 Å². The molecule has 0 saturated carbocycles. The van der Waals surface area contributed by atoms with Gasteiger partial charge in [0.25, 0.3) is 5.91 Å². The van der Waals surface area contributed by atoms with E-state index in [1.807, 2.05) is 0 Å². The first kappa shape index (κ1) is 9.94. The summed E-state index contributed by atoms with van der Waals surface area (Å²) in [5.41, 5.74) is 6.67. The number of carbonyl (C=O) groups excluding carboxylic acids is 2. The summed E-state index contributed by atoms with van der Waals surface area (Å²) in [6, 6.07) is -0.629. The van der Waals surface area contributed by atoms with E-state index in [2.05, 4.69) is 15.6 Å². The van der Waals surface area contributed by atoms with Crippen molar-refractivity contribution in [2.45, 2.75) is 25.4 Å². The molecule has 0 spiro atoms. The van der Waals surface area contributed by atoms with Crippen molar-refractivity contribution in [2.24, 2.45) is 5.73 Å². The first-order chi connectivity index (χ1) is 5.91. The molecule has 2 amide bonds. The zero-order valence-electron chi connectivity index (χ0n) is 7.59. The van der Waals surface area contributed by atoms with E-state index < -0.39 is 11.6 Å². The van der Waals surface area contributed by atoms with E-state index in [0.717, 1.165) is 0 Å². The Kier molecular flexibility index (Phi) is 2.53. The van der Waals surface area contributed by atoms with Crippen molar-refractivity contribution >= 4 is 11.8 Å². The third kappa shape index (κ3) is 2.40. The highest BCUT2D eigenvalue weighted by atomic mass is 16.7. The maximum atomic E-state index is 11.3. The molecule has 1 heterocycles. The summed E-state index contributed by atoms with van der Waals surface area (Å²) in [7, 11) is 0. The molecule has 1 aliphatic rings. The van der Waals surface area contributed by atoms with E-state index in [1.165, 1.54) is 0 Å². The molecular weight excluding hydrogens is 174 g/mol. The zero-order chi connectivity index (χ0) is 10.1. The molecule has 1 saturated heterocycles. The molecule has 0 aromatic rings. The van der Waals surface area contributed by atoms with Crippen LogP contribution < -0.4 is 16.5 Å². The van der Waals surface area contributed by atoms with Crippen molar-refractivity contribution in [1.82, 2.24) is 10.8 Å². The van der Waals surface area contributed by atoms with Crippen LogP contribution in [0.3, 0.4) is 0 Å². The predicted molar refractivity (Wildman–Crippen MR) is 44.3 cm³/mol. The lowest BCUT2D eigenvalue weighted by molar-refractivity contribution is -0.130. The standard InChI is InChI=1S/C7H13N3O3/c1-7(2,8)6(12)9-4-3-13-10-5(4)11/h4H,3,8H2,1-2H3,(H,9,12)(H,10,11)/t4-/m1/s1. The number of carbonyl (C=O) groups is 2. The summed E-state index contributed by atoms with van der Waals surface area (Å²) < 4.78 is 0. The van der Waals surface area contributed by atoms with E-state index in [9.17, 15) is 9.59 Å². The van der Waals surface area contributed by atoms with Gasteiger partial charge in [0.2, 0.25) is 5.91 Å². The van der Waals surface area contributed by atoms with Gasteiger partial charge in [-0.25, -0.2) is 5.48 Å². The van der Waals surface area contributed by atoms with Crippen LogP contribution in [-0.4, -0.2) is 30.0 Å². The lowest BCUT2D eigenvalue weighted by Gasteiger charge is -2.19. The van der Waals surface area contributed by atoms with Crippen LogP contribution in [0.5, 0.6) is 0 Å². The van der Waals surface area contributed by atoms with Gasteiger partial charge in [0.05, 0.1) is 5.54 Å². The van der Waals surface area contributed by atoms with Gasteiger partial charge in [0.1, 0.15) is 12.6 Å². The van der Waals surface area contributed by atoms with Crippen molar-refractivity contribution in [3.05, 3.63) is 0 Å². The highest BCUT2D eigenvalue weighted by Gasteiger charge is 2.31. The molecule has 0 unspecified atom stereocenters. The molecule has 0 aliphatic carbocycles. The molecule has 1 rings (SSSR count). The number of nitrogens with one attached hydrogen (secondary N) is 2. The number of hydroxylamine groups is 1. The second-order valence-corrected chi connectivity index (χ2v) is 3.53.